The van der Waals surface area contributed by atoms with Gasteiger partial charge in [0.1, 0.15) is 0 Å². The summed E-state index contributed by atoms with van der Waals surface area (Å²) >= 11 is 0. The first-order valence-electron chi connectivity index (χ1n) is 10.8. The third-order valence-corrected chi connectivity index (χ3v) is 7.40. The highest BCUT2D eigenvalue weighted by atomic mass is 16.8. The van der Waals surface area contributed by atoms with Crippen LogP contribution in [0, 0.1) is 22.7 Å². The van der Waals surface area contributed by atoms with Gasteiger partial charge in [0.2, 0.25) is 0 Å². The molecule has 5 unspecified atom stereocenters. The van der Waals surface area contributed by atoms with Gasteiger partial charge >= 0.3 is 5.97 Å². The van der Waals surface area contributed by atoms with Crippen LogP contribution in [0.3, 0.4) is 0 Å². The minimum Gasteiger partial charge on any atom is -0.465 e. The number of allylic oxidation sites excluding steroid dienone is 1. The smallest absolute Gasteiger partial charge is 0.312 e. The van der Waals surface area contributed by atoms with Crippen molar-refractivity contribution < 1.29 is 19.0 Å². The molecule has 27 heavy (non-hydrogen) atoms. The van der Waals surface area contributed by atoms with Crippen molar-refractivity contribution in [3.63, 3.8) is 0 Å². The first-order valence-corrected chi connectivity index (χ1v) is 10.8. The van der Waals surface area contributed by atoms with Gasteiger partial charge in [0.05, 0.1) is 24.2 Å². The lowest BCUT2D eigenvalue weighted by atomic mass is 9.62. The van der Waals surface area contributed by atoms with Crippen molar-refractivity contribution in [2.75, 3.05) is 6.61 Å². The summed E-state index contributed by atoms with van der Waals surface area (Å²) in [4.78, 5) is 13.0. The molecule has 0 aromatic heterocycles. The molecule has 1 saturated carbocycles. The predicted molar refractivity (Wildman–Crippen MR) is 106 cm³/mol. The Kier molecular flexibility index (Phi) is 5.80. The highest BCUT2D eigenvalue weighted by Gasteiger charge is 2.50. The predicted octanol–water partition coefficient (Wildman–Crippen LogP) is 5.26. The van der Waals surface area contributed by atoms with Crippen LogP contribution >= 0.6 is 0 Å². The number of carbonyl (C=O) groups excluding carboxylic acids is 1. The third kappa shape index (κ3) is 3.98. The molecule has 1 spiro atoms. The highest BCUT2D eigenvalue weighted by Crippen LogP contribution is 2.46. The van der Waals surface area contributed by atoms with E-state index in [1.54, 1.807) is 0 Å². The molecule has 5 atom stereocenters. The molecule has 0 aromatic carbocycles. The lowest BCUT2D eigenvalue weighted by molar-refractivity contribution is -0.168. The molecule has 0 radical (unpaired) electrons. The molecule has 1 saturated heterocycles. The summed E-state index contributed by atoms with van der Waals surface area (Å²) in [5.74, 6) is 0.0345. The Morgan fingerprint density at radius 3 is 2.48 bits per heavy atom. The van der Waals surface area contributed by atoms with Crippen LogP contribution in [0.5, 0.6) is 0 Å². The van der Waals surface area contributed by atoms with E-state index in [0.29, 0.717) is 12.5 Å². The van der Waals surface area contributed by atoms with E-state index in [-0.39, 0.29) is 29.5 Å². The van der Waals surface area contributed by atoms with Gasteiger partial charge in [-0.25, -0.2) is 0 Å². The zero-order chi connectivity index (χ0) is 19.9. The SMILES string of the molecule is CC(C)C(C)(C(=O)OCC1CCC2OC3(C=CCCC3)OC2C1)C(C)(C)C. The molecule has 0 amide bonds. The number of fused-ring (bicyclic) bond motifs is 1. The summed E-state index contributed by atoms with van der Waals surface area (Å²) in [6.45, 7) is 13.1. The maximum Gasteiger partial charge on any atom is 0.312 e. The van der Waals surface area contributed by atoms with Crippen molar-refractivity contribution in [1.29, 1.82) is 0 Å². The molecule has 154 valence electrons. The quantitative estimate of drug-likeness (QED) is 0.494. The summed E-state index contributed by atoms with van der Waals surface area (Å²) in [5.41, 5.74) is -0.633. The number of hydrogen-bond donors (Lipinski definition) is 0. The fourth-order valence-corrected chi connectivity index (χ4v) is 4.89. The van der Waals surface area contributed by atoms with Gasteiger partial charge in [-0.2, -0.15) is 0 Å². The van der Waals surface area contributed by atoms with Crippen molar-refractivity contribution in [1.82, 2.24) is 0 Å². The van der Waals surface area contributed by atoms with Crippen LogP contribution in [0.4, 0.5) is 0 Å². The van der Waals surface area contributed by atoms with E-state index < -0.39 is 11.2 Å². The van der Waals surface area contributed by atoms with Gasteiger partial charge in [-0.15, -0.1) is 0 Å². The van der Waals surface area contributed by atoms with Gasteiger partial charge in [-0.3, -0.25) is 4.79 Å². The van der Waals surface area contributed by atoms with E-state index in [0.717, 1.165) is 38.5 Å². The molecule has 1 heterocycles. The maximum absolute atomic E-state index is 13.0. The van der Waals surface area contributed by atoms with Crippen molar-refractivity contribution in [2.45, 2.75) is 98.1 Å². The van der Waals surface area contributed by atoms with Crippen LogP contribution in [0.1, 0.15) is 80.1 Å². The molecule has 1 aliphatic heterocycles. The molecular formula is C23H38O4. The van der Waals surface area contributed by atoms with E-state index in [4.69, 9.17) is 14.2 Å². The van der Waals surface area contributed by atoms with Crippen LogP contribution in [0.25, 0.3) is 0 Å². The van der Waals surface area contributed by atoms with Crippen LogP contribution in [-0.2, 0) is 19.0 Å². The summed E-state index contributed by atoms with van der Waals surface area (Å²) < 4.78 is 18.5. The maximum atomic E-state index is 13.0. The molecule has 3 rings (SSSR count). The molecular weight excluding hydrogens is 340 g/mol. The minimum absolute atomic E-state index is 0.0672. The van der Waals surface area contributed by atoms with Crippen molar-refractivity contribution in [2.24, 2.45) is 22.7 Å². The minimum atomic E-state index is -0.492. The number of rotatable bonds is 4. The third-order valence-electron chi connectivity index (χ3n) is 7.40. The second-order valence-corrected chi connectivity index (χ2v) is 10.3. The van der Waals surface area contributed by atoms with Crippen molar-refractivity contribution >= 4 is 5.97 Å². The summed E-state index contributed by atoms with van der Waals surface area (Å²) in [6, 6.07) is 0. The number of ether oxygens (including phenoxy) is 3. The van der Waals surface area contributed by atoms with E-state index in [2.05, 4.69) is 46.8 Å². The van der Waals surface area contributed by atoms with E-state index >= 15 is 0 Å². The Labute approximate surface area is 165 Å². The second kappa shape index (κ2) is 7.51. The fraction of sp³-hybridized carbons (Fsp3) is 0.870. The van der Waals surface area contributed by atoms with Gasteiger partial charge in [-0.1, -0.05) is 40.7 Å². The van der Waals surface area contributed by atoms with Crippen LogP contribution in [0.15, 0.2) is 12.2 Å². The summed E-state index contributed by atoms with van der Waals surface area (Å²) in [5, 5.41) is 0. The van der Waals surface area contributed by atoms with Crippen molar-refractivity contribution in [3.05, 3.63) is 12.2 Å². The topological polar surface area (TPSA) is 44.8 Å². The van der Waals surface area contributed by atoms with Crippen LogP contribution in [0.2, 0.25) is 0 Å². The Morgan fingerprint density at radius 1 is 1.19 bits per heavy atom. The molecule has 0 N–H and O–H groups in total. The van der Waals surface area contributed by atoms with Gasteiger partial charge < -0.3 is 14.2 Å². The van der Waals surface area contributed by atoms with E-state index in [9.17, 15) is 4.79 Å². The molecule has 2 aliphatic carbocycles. The van der Waals surface area contributed by atoms with Crippen LogP contribution < -0.4 is 0 Å². The normalized spacial score (nSPS) is 35.9. The lowest BCUT2D eigenvalue weighted by Crippen LogP contribution is -2.46. The molecule has 0 aromatic rings. The second-order valence-electron chi connectivity index (χ2n) is 10.3. The molecule has 0 bridgehead atoms. The molecule has 4 nitrogen and oxygen atoms in total. The average Bonchev–Trinajstić information content (AvgIpc) is 2.94. The monoisotopic (exact) mass is 378 g/mol. The highest BCUT2D eigenvalue weighted by molar-refractivity contribution is 5.77. The standard InChI is InChI=1S/C23H38O4/c1-16(2)22(6,21(3,4)5)20(24)25-15-17-10-11-18-19(14-17)27-23(26-18)12-8-7-9-13-23/h8,12,16-19H,7,9-11,13-15H2,1-6H3. The van der Waals surface area contributed by atoms with Crippen LogP contribution in [-0.4, -0.2) is 30.6 Å². The Hall–Kier alpha value is -0.870. The number of carbonyl (C=O) groups is 1. The molecule has 3 aliphatic rings. The first-order chi connectivity index (χ1) is 12.6. The zero-order valence-corrected chi connectivity index (χ0v) is 18.0. The van der Waals surface area contributed by atoms with E-state index in [1.807, 2.05) is 6.92 Å². The fourth-order valence-electron chi connectivity index (χ4n) is 4.89. The summed E-state index contributed by atoms with van der Waals surface area (Å²) in [7, 11) is 0. The van der Waals surface area contributed by atoms with Gasteiger partial charge in [0.25, 0.3) is 0 Å². The lowest BCUT2D eigenvalue weighted by Gasteiger charge is -2.43. The Balaban J connectivity index is 1.56. The first kappa shape index (κ1) is 20.9. The Bertz CT molecular complexity index is 575. The zero-order valence-electron chi connectivity index (χ0n) is 18.0. The van der Waals surface area contributed by atoms with Gasteiger partial charge in [0.15, 0.2) is 5.79 Å². The molecule has 4 heteroatoms. The molecule has 2 fully saturated rings. The van der Waals surface area contributed by atoms with Gasteiger partial charge in [0, 0.05) is 6.42 Å². The van der Waals surface area contributed by atoms with Crippen molar-refractivity contribution in [3.8, 4) is 0 Å². The average molecular weight is 379 g/mol. The Morgan fingerprint density at radius 2 is 1.89 bits per heavy atom. The largest absolute Gasteiger partial charge is 0.465 e. The summed E-state index contributed by atoms with van der Waals surface area (Å²) in [6.07, 6.45) is 10.7. The van der Waals surface area contributed by atoms with E-state index in [1.165, 1.54) is 0 Å². The van der Waals surface area contributed by atoms with Gasteiger partial charge in [-0.05, 0) is 62.4 Å². The number of esters is 1. The number of hydrogen-bond acceptors (Lipinski definition) is 4.